The summed E-state index contributed by atoms with van der Waals surface area (Å²) >= 11 is 1.92. The van der Waals surface area contributed by atoms with E-state index in [1.807, 2.05) is 11.3 Å². The number of hydrogen-bond acceptors (Lipinski definition) is 3. The average Bonchev–Trinajstić information content (AvgIpc) is 2.86. The van der Waals surface area contributed by atoms with Crippen LogP contribution in [0.15, 0.2) is 12.1 Å². The molecule has 3 heteroatoms. The first-order chi connectivity index (χ1) is 9.00. The summed E-state index contributed by atoms with van der Waals surface area (Å²) in [5.74, 6) is 0. The van der Waals surface area contributed by atoms with E-state index in [1.54, 1.807) is 0 Å². The summed E-state index contributed by atoms with van der Waals surface area (Å²) < 4.78 is 0. The molecule has 1 unspecified atom stereocenters. The van der Waals surface area contributed by atoms with Gasteiger partial charge in [0.1, 0.15) is 0 Å². The van der Waals surface area contributed by atoms with E-state index in [4.69, 9.17) is 5.73 Å². The zero-order chi connectivity index (χ0) is 13.9. The summed E-state index contributed by atoms with van der Waals surface area (Å²) in [6.45, 7) is 7.51. The molecule has 0 saturated heterocycles. The second-order valence-corrected chi connectivity index (χ2v) is 7.86. The maximum atomic E-state index is 5.98. The number of nitrogens with one attached hydrogen (secondary N) is 1. The van der Waals surface area contributed by atoms with Crippen molar-refractivity contribution < 1.29 is 0 Å². The molecule has 0 aromatic carbocycles. The Bertz CT molecular complexity index is 386. The molecule has 108 valence electrons. The number of nitrogens with two attached hydrogens (primary N) is 1. The van der Waals surface area contributed by atoms with E-state index >= 15 is 0 Å². The lowest BCUT2D eigenvalue weighted by Gasteiger charge is -2.27. The van der Waals surface area contributed by atoms with Crippen molar-refractivity contribution in [2.45, 2.75) is 70.4 Å². The smallest absolute Gasteiger partial charge is 0.0541 e. The van der Waals surface area contributed by atoms with Gasteiger partial charge >= 0.3 is 0 Å². The summed E-state index contributed by atoms with van der Waals surface area (Å²) in [7, 11) is 0. The molecule has 0 aliphatic heterocycles. The number of thiophene rings is 1. The topological polar surface area (TPSA) is 38.0 Å². The van der Waals surface area contributed by atoms with Gasteiger partial charge < -0.3 is 11.1 Å². The first-order valence-corrected chi connectivity index (χ1v) is 8.38. The molecule has 1 aliphatic carbocycles. The third-order valence-electron chi connectivity index (χ3n) is 3.99. The van der Waals surface area contributed by atoms with Gasteiger partial charge in [0, 0.05) is 22.3 Å². The highest BCUT2D eigenvalue weighted by molar-refractivity contribution is 7.12. The van der Waals surface area contributed by atoms with Gasteiger partial charge in [-0.3, -0.25) is 0 Å². The van der Waals surface area contributed by atoms with Crippen molar-refractivity contribution in [3.05, 3.63) is 21.9 Å². The number of hydrogen-bond donors (Lipinski definition) is 2. The van der Waals surface area contributed by atoms with E-state index in [0.717, 1.165) is 0 Å². The molecule has 19 heavy (non-hydrogen) atoms. The van der Waals surface area contributed by atoms with Crippen molar-refractivity contribution >= 4 is 11.3 Å². The predicted octanol–water partition coefficient (Wildman–Crippen LogP) is 3.97. The van der Waals surface area contributed by atoms with Gasteiger partial charge in [-0.15, -0.1) is 11.3 Å². The Morgan fingerprint density at radius 1 is 1.26 bits per heavy atom. The number of rotatable bonds is 4. The first-order valence-electron chi connectivity index (χ1n) is 7.57. The van der Waals surface area contributed by atoms with Crippen LogP contribution in [0.25, 0.3) is 0 Å². The van der Waals surface area contributed by atoms with Gasteiger partial charge in [-0.1, -0.05) is 40.0 Å². The highest BCUT2D eigenvalue weighted by atomic mass is 32.1. The Kier molecular flexibility index (Phi) is 5.04. The molecule has 1 heterocycles. The van der Waals surface area contributed by atoms with E-state index in [2.05, 4.69) is 38.2 Å². The summed E-state index contributed by atoms with van der Waals surface area (Å²) in [6.07, 6.45) is 6.76. The summed E-state index contributed by atoms with van der Waals surface area (Å²) in [5, 5.41) is 3.77. The minimum Gasteiger partial charge on any atom is -0.329 e. The average molecular weight is 280 g/mol. The van der Waals surface area contributed by atoms with Gasteiger partial charge in [-0.2, -0.15) is 0 Å². The largest absolute Gasteiger partial charge is 0.329 e. The quantitative estimate of drug-likeness (QED) is 0.876. The molecular formula is C16H28N2S. The lowest BCUT2D eigenvalue weighted by atomic mass is 9.94. The van der Waals surface area contributed by atoms with Crippen LogP contribution < -0.4 is 11.1 Å². The van der Waals surface area contributed by atoms with E-state index < -0.39 is 0 Å². The third kappa shape index (κ3) is 4.04. The summed E-state index contributed by atoms with van der Waals surface area (Å²) in [4.78, 5) is 2.85. The fraction of sp³-hybridized carbons (Fsp3) is 0.750. The Labute approximate surface area is 121 Å². The normalized spacial score (nSPS) is 19.6. The molecule has 2 nitrogen and oxygen atoms in total. The van der Waals surface area contributed by atoms with Gasteiger partial charge in [-0.05, 0) is 30.4 Å². The standard InChI is InChI=1S/C16H28N2S/c1-16(2,3)15-10-9-14(19-15)13(11-17)18-12-7-5-4-6-8-12/h9-10,12-13,18H,4-8,11,17H2,1-3H3. The van der Waals surface area contributed by atoms with Crippen LogP contribution in [0.3, 0.4) is 0 Å². The van der Waals surface area contributed by atoms with Crippen molar-refractivity contribution in [3.63, 3.8) is 0 Å². The van der Waals surface area contributed by atoms with Gasteiger partial charge in [-0.25, -0.2) is 0 Å². The lowest BCUT2D eigenvalue weighted by Crippen LogP contribution is -2.37. The molecule has 1 saturated carbocycles. The van der Waals surface area contributed by atoms with Crippen LogP contribution >= 0.6 is 11.3 Å². The van der Waals surface area contributed by atoms with Crippen molar-refractivity contribution in [1.82, 2.24) is 5.32 Å². The highest BCUT2D eigenvalue weighted by Crippen LogP contribution is 2.32. The van der Waals surface area contributed by atoms with Crippen LogP contribution in [0.2, 0.25) is 0 Å². The maximum Gasteiger partial charge on any atom is 0.0541 e. The zero-order valence-corrected chi connectivity index (χ0v) is 13.4. The fourth-order valence-electron chi connectivity index (χ4n) is 2.76. The van der Waals surface area contributed by atoms with Gasteiger partial charge in [0.25, 0.3) is 0 Å². The Morgan fingerprint density at radius 3 is 2.47 bits per heavy atom. The second kappa shape index (κ2) is 6.38. The SMILES string of the molecule is CC(C)(C)c1ccc(C(CN)NC2CCCCC2)s1. The molecule has 0 spiro atoms. The Morgan fingerprint density at radius 2 is 1.95 bits per heavy atom. The molecule has 0 radical (unpaired) electrons. The molecule has 1 atom stereocenters. The van der Waals surface area contributed by atoms with Gasteiger partial charge in [0.15, 0.2) is 0 Å². The second-order valence-electron chi connectivity index (χ2n) is 6.74. The lowest BCUT2D eigenvalue weighted by molar-refractivity contribution is 0.342. The van der Waals surface area contributed by atoms with Crippen LogP contribution in [-0.4, -0.2) is 12.6 Å². The molecule has 1 aromatic heterocycles. The molecule has 0 bridgehead atoms. The third-order valence-corrected chi connectivity index (χ3v) is 5.61. The molecule has 0 amide bonds. The van der Waals surface area contributed by atoms with Crippen molar-refractivity contribution in [3.8, 4) is 0 Å². The molecule has 1 aromatic rings. The predicted molar refractivity (Wildman–Crippen MR) is 84.8 cm³/mol. The van der Waals surface area contributed by atoms with Crippen LogP contribution in [0.5, 0.6) is 0 Å². The van der Waals surface area contributed by atoms with Crippen LogP contribution in [-0.2, 0) is 5.41 Å². The van der Waals surface area contributed by atoms with Crippen LogP contribution in [0.4, 0.5) is 0 Å². The van der Waals surface area contributed by atoms with Gasteiger partial charge in [0.05, 0.1) is 6.04 Å². The molecular weight excluding hydrogens is 252 g/mol. The monoisotopic (exact) mass is 280 g/mol. The highest BCUT2D eigenvalue weighted by Gasteiger charge is 2.22. The van der Waals surface area contributed by atoms with E-state index in [1.165, 1.54) is 41.9 Å². The van der Waals surface area contributed by atoms with Crippen molar-refractivity contribution in [1.29, 1.82) is 0 Å². The fourth-order valence-corrected chi connectivity index (χ4v) is 3.90. The summed E-state index contributed by atoms with van der Waals surface area (Å²) in [6, 6.07) is 5.54. The molecule has 3 N–H and O–H groups in total. The zero-order valence-electron chi connectivity index (χ0n) is 12.5. The van der Waals surface area contributed by atoms with Crippen LogP contribution in [0.1, 0.15) is 68.7 Å². The maximum absolute atomic E-state index is 5.98. The Hall–Kier alpha value is -0.380. The molecule has 1 fully saturated rings. The van der Waals surface area contributed by atoms with E-state index in [-0.39, 0.29) is 5.41 Å². The molecule has 1 aliphatic rings. The minimum absolute atomic E-state index is 0.243. The Balaban J connectivity index is 2.02. The minimum atomic E-state index is 0.243. The van der Waals surface area contributed by atoms with E-state index in [9.17, 15) is 0 Å². The van der Waals surface area contributed by atoms with E-state index in [0.29, 0.717) is 18.6 Å². The van der Waals surface area contributed by atoms with Gasteiger partial charge in [0.2, 0.25) is 0 Å². The van der Waals surface area contributed by atoms with Crippen molar-refractivity contribution in [2.24, 2.45) is 5.73 Å². The molecule has 2 rings (SSSR count). The van der Waals surface area contributed by atoms with Crippen molar-refractivity contribution in [2.75, 3.05) is 6.54 Å². The van der Waals surface area contributed by atoms with Crippen LogP contribution in [0, 0.1) is 0 Å². The first kappa shape index (κ1) is 15.0. The summed E-state index contributed by atoms with van der Waals surface area (Å²) in [5.41, 5.74) is 6.23.